The minimum Gasteiger partial charge on any atom is -0.322 e. The second kappa shape index (κ2) is 5.48. The molecule has 0 aliphatic rings. The van der Waals surface area contributed by atoms with Gasteiger partial charge < -0.3 is 11.5 Å². The molecule has 2 unspecified atom stereocenters. The molecule has 20 heavy (non-hydrogen) atoms. The molecule has 2 rings (SSSR count). The molecule has 0 aliphatic heterocycles. The van der Waals surface area contributed by atoms with Crippen LogP contribution in [0.15, 0.2) is 42.5 Å². The van der Waals surface area contributed by atoms with E-state index in [1.54, 1.807) is 31.2 Å². The Kier molecular flexibility index (Phi) is 4.09. The van der Waals surface area contributed by atoms with Gasteiger partial charge in [-0.1, -0.05) is 29.8 Å². The lowest BCUT2D eigenvalue weighted by Gasteiger charge is -2.32. The minimum absolute atomic E-state index is 0.429. The molecule has 0 amide bonds. The Bertz CT molecular complexity index is 612. The molecule has 2 aromatic carbocycles. The van der Waals surface area contributed by atoms with E-state index in [1.165, 1.54) is 6.07 Å². The van der Waals surface area contributed by atoms with Crippen molar-refractivity contribution in [2.75, 3.05) is 0 Å². The lowest BCUT2D eigenvalue weighted by Crippen LogP contribution is -2.44. The van der Waals surface area contributed by atoms with Crippen molar-refractivity contribution in [1.29, 1.82) is 0 Å². The SMILES string of the molecule is CC(N)(c1ccc(F)c(F)c1)C(N)c1ccc(Cl)cc1. The van der Waals surface area contributed by atoms with Gasteiger partial charge in [0, 0.05) is 5.02 Å². The van der Waals surface area contributed by atoms with Gasteiger partial charge >= 0.3 is 0 Å². The van der Waals surface area contributed by atoms with Crippen molar-refractivity contribution in [3.8, 4) is 0 Å². The number of benzene rings is 2. The summed E-state index contributed by atoms with van der Waals surface area (Å²) in [5, 5.41) is 0.590. The Labute approximate surface area is 121 Å². The van der Waals surface area contributed by atoms with E-state index in [4.69, 9.17) is 23.1 Å². The van der Waals surface area contributed by atoms with E-state index >= 15 is 0 Å². The fourth-order valence-electron chi connectivity index (χ4n) is 2.03. The zero-order chi connectivity index (χ0) is 14.9. The van der Waals surface area contributed by atoms with Crippen molar-refractivity contribution in [3.63, 3.8) is 0 Å². The summed E-state index contributed by atoms with van der Waals surface area (Å²) < 4.78 is 26.3. The van der Waals surface area contributed by atoms with Gasteiger partial charge in [-0.05, 0) is 42.3 Å². The van der Waals surface area contributed by atoms with Gasteiger partial charge in [0.05, 0.1) is 11.6 Å². The fourth-order valence-corrected chi connectivity index (χ4v) is 2.15. The van der Waals surface area contributed by atoms with E-state index in [0.29, 0.717) is 10.6 Å². The van der Waals surface area contributed by atoms with Crippen LogP contribution in [-0.4, -0.2) is 0 Å². The first kappa shape index (κ1) is 14.9. The zero-order valence-electron chi connectivity index (χ0n) is 10.9. The van der Waals surface area contributed by atoms with E-state index in [2.05, 4.69) is 0 Å². The smallest absolute Gasteiger partial charge is 0.159 e. The topological polar surface area (TPSA) is 52.0 Å². The highest BCUT2D eigenvalue weighted by molar-refractivity contribution is 6.30. The first-order chi connectivity index (χ1) is 9.32. The van der Waals surface area contributed by atoms with Gasteiger partial charge in [-0.2, -0.15) is 0 Å². The molecule has 0 spiro atoms. The highest BCUT2D eigenvalue weighted by atomic mass is 35.5. The average Bonchev–Trinajstić information content (AvgIpc) is 2.41. The molecule has 2 aromatic rings. The minimum atomic E-state index is -1.04. The second-order valence-electron chi connectivity index (χ2n) is 4.94. The summed E-state index contributed by atoms with van der Waals surface area (Å²) in [4.78, 5) is 0. The van der Waals surface area contributed by atoms with Crippen LogP contribution in [0.3, 0.4) is 0 Å². The van der Waals surface area contributed by atoms with Gasteiger partial charge in [0.25, 0.3) is 0 Å². The van der Waals surface area contributed by atoms with Crippen LogP contribution in [0.5, 0.6) is 0 Å². The Morgan fingerprint density at radius 1 is 1.05 bits per heavy atom. The van der Waals surface area contributed by atoms with Crippen molar-refractivity contribution in [2.45, 2.75) is 18.5 Å². The van der Waals surface area contributed by atoms with Gasteiger partial charge in [-0.25, -0.2) is 8.78 Å². The first-order valence-electron chi connectivity index (χ1n) is 6.08. The monoisotopic (exact) mass is 296 g/mol. The Morgan fingerprint density at radius 3 is 2.20 bits per heavy atom. The van der Waals surface area contributed by atoms with Crippen molar-refractivity contribution in [2.24, 2.45) is 11.5 Å². The molecule has 0 heterocycles. The Balaban J connectivity index is 2.37. The highest BCUT2D eigenvalue weighted by Crippen LogP contribution is 2.31. The molecular formula is C15H15ClF2N2. The Hall–Kier alpha value is -1.49. The van der Waals surface area contributed by atoms with Crippen LogP contribution in [0.1, 0.15) is 24.1 Å². The standard InChI is InChI=1S/C15H15ClF2N2/c1-15(20,10-4-7-12(17)13(18)8-10)14(19)9-2-5-11(16)6-3-9/h2-8,14H,19-20H2,1H3. The summed E-state index contributed by atoms with van der Waals surface area (Å²) in [6, 6.07) is 9.92. The van der Waals surface area contributed by atoms with Crippen LogP contribution >= 0.6 is 11.6 Å². The number of halogens is 3. The lowest BCUT2D eigenvalue weighted by molar-refractivity contribution is 0.392. The molecule has 0 aliphatic carbocycles. The first-order valence-corrected chi connectivity index (χ1v) is 6.45. The van der Waals surface area contributed by atoms with Gasteiger partial charge in [0.1, 0.15) is 0 Å². The third-order valence-corrected chi connectivity index (χ3v) is 3.67. The Morgan fingerprint density at radius 2 is 1.65 bits per heavy atom. The predicted molar refractivity (Wildman–Crippen MR) is 76.3 cm³/mol. The molecule has 0 radical (unpaired) electrons. The molecule has 0 fully saturated rings. The molecule has 5 heteroatoms. The van der Waals surface area contributed by atoms with Crippen LogP contribution < -0.4 is 11.5 Å². The normalized spacial score (nSPS) is 15.7. The lowest BCUT2D eigenvalue weighted by atomic mass is 9.82. The van der Waals surface area contributed by atoms with Crippen molar-refractivity contribution < 1.29 is 8.78 Å². The predicted octanol–water partition coefficient (Wildman–Crippen LogP) is 3.49. The fraction of sp³-hybridized carbons (Fsp3) is 0.200. The maximum absolute atomic E-state index is 13.3. The molecule has 4 N–H and O–H groups in total. The summed E-state index contributed by atoms with van der Waals surface area (Å²) in [6.07, 6.45) is 0. The van der Waals surface area contributed by atoms with Gasteiger partial charge in [-0.15, -0.1) is 0 Å². The molecule has 0 saturated heterocycles. The largest absolute Gasteiger partial charge is 0.322 e. The van der Waals surface area contributed by atoms with Crippen LogP contribution in [0.2, 0.25) is 5.02 Å². The van der Waals surface area contributed by atoms with E-state index in [0.717, 1.165) is 17.7 Å². The van der Waals surface area contributed by atoms with Crippen LogP contribution in [0, 0.1) is 11.6 Å². The molecule has 0 bridgehead atoms. The quantitative estimate of drug-likeness (QED) is 0.911. The molecule has 0 aromatic heterocycles. The van der Waals surface area contributed by atoms with E-state index in [9.17, 15) is 8.78 Å². The number of nitrogens with two attached hydrogens (primary N) is 2. The maximum Gasteiger partial charge on any atom is 0.159 e. The summed E-state index contributed by atoms with van der Waals surface area (Å²) >= 11 is 5.82. The molecule has 2 nitrogen and oxygen atoms in total. The maximum atomic E-state index is 13.3. The number of rotatable bonds is 3. The number of hydrogen-bond donors (Lipinski definition) is 2. The van der Waals surface area contributed by atoms with Crippen LogP contribution in [0.25, 0.3) is 0 Å². The van der Waals surface area contributed by atoms with E-state index < -0.39 is 23.2 Å². The van der Waals surface area contributed by atoms with Crippen LogP contribution in [0.4, 0.5) is 8.78 Å². The molecular weight excluding hydrogens is 282 g/mol. The zero-order valence-corrected chi connectivity index (χ0v) is 11.7. The highest BCUT2D eigenvalue weighted by Gasteiger charge is 2.31. The third kappa shape index (κ3) is 2.82. The second-order valence-corrected chi connectivity index (χ2v) is 5.38. The molecule has 0 saturated carbocycles. The molecule has 106 valence electrons. The van der Waals surface area contributed by atoms with Crippen molar-refractivity contribution in [3.05, 3.63) is 70.2 Å². The van der Waals surface area contributed by atoms with Gasteiger partial charge in [0.2, 0.25) is 0 Å². The van der Waals surface area contributed by atoms with E-state index in [-0.39, 0.29) is 0 Å². The third-order valence-electron chi connectivity index (χ3n) is 3.42. The summed E-state index contributed by atoms with van der Waals surface area (Å²) in [5.41, 5.74) is 12.5. The van der Waals surface area contributed by atoms with Crippen LogP contribution in [-0.2, 0) is 5.54 Å². The number of hydrogen-bond acceptors (Lipinski definition) is 2. The summed E-state index contributed by atoms with van der Waals surface area (Å²) in [6.45, 7) is 1.68. The van der Waals surface area contributed by atoms with Gasteiger partial charge in [-0.3, -0.25) is 0 Å². The van der Waals surface area contributed by atoms with Gasteiger partial charge in [0.15, 0.2) is 11.6 Å². The van der Waals surface area contributed by atoms with E-state index in [1.807, 2.05) is 0 Å². The summed E-state index contributed by atoms with van der Waals surface area (Å²) in [7, 11) is 0. The molecule has 2 atom stereocenters. The summed E-state index contributed by atoms with van der Waals surface area (Å²) in [5.74, 6) is -1.85. The average molecular weight is 297 g/mol. The van der Waals surface area contributed by atoms with Crippen molar-refractivity contribution in [1.82, 2.24) is 0 Å². The van der Waals surface area contributed by atoms with Crippen molar-refractivity contribution >= 4 is 11.6 Å².